The van der Waals surface area contributed by atoms with Gasteiger partial charge in [0.05, 0.1) is 19.3 Å². The fourth-order valence-corrected chi connectivity index (χ4v) is 3.95. The predicted molar refractivity (Wildman–Crippen MR) is 102 cm³/mol. The second-order valence-corrected chi connectivity index (χ2v) is 7.31. The Morgan fingerprint density at radius 1 is 1.16 bits per heavy atom. The van der Waals surface area contributed by atoms with Gasteiger partial charge in [-0.1, -0.05) is 31.4 Å². The van der Waals surface area contributed by atoms with Crippen LogP contribution in [0.3, 0.4) is 0 Å². The number of ether oxygens (including phenoxy) is 1. The molecule has 1 saturated heterocycles. The maximum absolute atomic E-state index is 13.3. The highest BCUT2D eigenvalue weighted by atomic mass is 32.1. The molecular formula is C19H28FN3OS. The number of nitrogens with one attached hydrogen (secondary N) is 2. The van der Waals surface area contributed by atoms with E-state index in [1.807, 2.05) is 12.1 Å². The Labute approximate surface area is 155 Å². The van der Waals surface area contributed by atoms with Crippen LogP contribution in [0.1, 0.15) is 43.7 Å². The average molecular weight is 366 g/mol. The molecule has 1 atom stereocenters. The summed E-state index contributed by atoms with van der Waals surface area (Å²) in [6.45, 7) is 3.95. The summed E-state index contributed by atoms with van der Waals surface area (Å²) in [5.41, 5.74) is 1.11. The van der Waals surface area contributed by atoms with Gasteiger partial charge in [0.1, 0.15) is 5.82 Å². The Morgan fingerprint density at radius 2 is 1.84 bits per heavy atom. The molecule has 1 aromatic rings. The monoisotopic (exact) mass is 365 g/mol. The molecule has 1 aliphatic carbocycles. The zero-order chi connectivity index (χ0) is 17.5. The first kappa shape index (κ1) is 18.5. The summed E-state index contributed by atoms with van der Waals surface area (Å²) in [6.07, 6.45) is 6.31. The van der Waals surface area contributed by atoms with Gasteiger partial charge in [0.2, 0.25) is 0 Å². The third-order valence-electron chi connectivity index (χ3n) is 5.14. The number of hydrogen-bond donors (Lipinski definition) is 2. The number of rotatable bonds is 5. The van der Waals surface area contributed by atoms with Crippen LogP contribution in [0.15, 0.2) is 24.3 Å². The minimum absolute atomic E-state index is 0.163. The zero-order valence-corrected chi connectivity index (χ0v) is 15.5. The number of hydrogen-bond acceptors (Lipinski definition) is 3. The largest absolute Gasteiger partial charge is 0.379 e. The predicted octanol–water partition coefficient (Wildman–Crippen LogP) is 3.00. The molecule has 1 aromatic carbocycles. The third kappa shape index (κ3) is 5.62. The van der Waals surface area contributed by atoms with Crippen molar-refractivity contribution in [3.05, 3.63) is 35.6 Å². The summed E-state index contributed by atoms with van der Waals surface area (Å²) in [6, 6.07) is 7.46. The molecule has 0 radical (unpaired) electrons. The number of thiocarbonyl (C=S) groups is 1. The first-order valence-corrected chi connectivity index (χ1v) is 9.75. The molecule has 2 aliphatic rings. The lowest BCUT2D eigenvalue weighted by atomic mass is 9.96. The summed E-state index contributed by atoms with van der Waals surface area (Å²) >= 11 is 5.50. The van der Waals surface area contributed by atoms with Gasteiger partial charge in [0.15, 0.2) is 5.11 Å². The van der Waals surface area contributed by atoms with Gasteiger partial charge in [-0.25, -0.2) is 4.39 Å². The standard InChI is InChI=1S/C19H28FN3OS/c20-16-8-6-15(7-9-16)18(23-10-12-24-13-11-23)14-21-19(25)22-17-4-2-1-3-5-17/h6-9,17-18H,1-5,10-14H2,(H2,21,22,25)/t18-/m0/s1. The first-order chi connectivity index (χ1) is 12.2. The minimum Gasteiger partial charge on any atom is -0.379 e. The van der Waals surface area contributed by atoms with Gasteiger partial charge in [-0.2, -0.15) is 0 Å². The molecule has 0 aromatic heterocycles. The van der Waals surface area contributed by atoms with Gasteiger partial charge in [-0.3, -0.25) is 4.90 Å². The quantitative estimate of drug-likeness (QED) is 0.785. The van der Waals surface area contributed by atoms with E-state index in [9.17, 15) is 4.39 Å². The number of benzene rings is 1. The van der Waals surface area contributed by atoms with Gasteiger partial charge in [-0.15, -0.1) is 0 Å². The topological polar surface area (TPSA) is 36.5 Å². The second kappa shape index (κ2) is 9.46. The van der Waals surface area contributed by atoms with Gasteiger partial charge in [0.25, 0.3) is 0 Å². The molecule has 1 saturated carbocycles. The van der Waals surface area contributed by atoms with Crippen molar-refractivity contribution in [2.45, 2.75) is 44.2 Å². The summed E-state index contributed by atoms with van der Waals surface area (Å²) in [5, 5.41) is 7.57. The SMILES string of the molecule is Fc1ccc([C@H](CNC(=S)NC2CCCCC2)N2CCOCC2)cc1. The van der Waals surface area contributed by atoms with Crippen LogP contribution in [-0.2, 0) is 4.74 Å². The molecule has 1 aliphatic heterocycles. The zero-order valence-electron chi connectivity index (χ0n) is 14.7. The lowest BCUT2D eigenvalue weighted by molar-refractivity contribution is 0.0170. The van der Waals surface area contributed by atoms with E-state index in [1.54, 1.807) is 0 Å². The van der Waals surface area contributed by atoms with Crippen molar-refractivity contribution in [1.82, 2.24) is 15.5 Å². The molecule has 138 valence electrons. The molecule has 25 heavy (non-hydrogen) atoms. The molecule has 0 amide bonds. The van der Waals surface area contributed by atoms with E-state index >= 15 is 0 Å². The molecule has 2 N–H and O–H groups in total. The molecule has 4 nitrogen and oxygen atoms in total. The van der Waals surface area contributed by atoms with Gasteiger partial charge >= 0.3 is 0 Å². The Kier molecular flexibility index (Phi) is 7.02. The molecule has 6 heteroatoms. The highest BCUT2D eigenvalue weighted by molar-refractivity contribution is 7.80. The van der Waals surface area contributed by atoms with Gasteiger partial charge in [-0.05, 0) is 42.8 Å². The Hall–Kier alpha value is -1.24. The van der Waals surface area contributed by atoms with Crippen LogP contribution in [0.2, 0.25) is 0 Å². The van der Waals surface area contributed by atoms with E-state index in [0.29, 0.717) is 12.6 Å². The van der Waals surface area contributed by atoms with E-state index in [1.165, 1.54) is 44.2 Å². The fourth-order valence-electron chi connectivity index (χ4n) is 3.70. The van der Waals surface area contributed by atoms with Crippen LogP contribution in [0.25, 0.3) is 0 Å². The van der Waals surface area contributed by atoms with Gasteiger partial charge in [0, 0.05) is 25.7 Å². The summed E-state index contributed by atoms with van der Waals surface area (Å²) in [7, 11) is 0. The minimum atomic E-state index is -0.202. The number of nitrogens with zero attached hydrogens (tertiary/aromatic N) is 1. The smallest absolute Gasteiger partial charge is 0.166 e. The normalized spacial score (nSPS) is 20.8. The van der Waals surface area contributed by atoms with E-state index in [-0.39, 0.29) is 11.9 Å². The molecule has 0 spiro atoms. The van der Waals surface area contributed by atoms with Crippen molar-refractivity contribution in [2.24, 2.45) is 0 Å². The molecule has 1 heterocycles. The Bertz CT molecular complexity index is 542. The summed E-state index contributed by atoms with van der Waals surface area (Å²) in [4.78, 5) is 2.38. The van der Waals surface area contributed by atoms with Crippen LogP contribution < -0.4 is 10.6 Å². The fraction of sp³-hybridized carbons (Fsp3) is 0.632. The lowest BCUT2D eigenvalue weighted by Crippen LogP contribution is -2.47. The second-order valence-electron chi connectivity index (χ2n) is 6.90. The molecule has 3 rings (SSSR count). The summed E-state index contributed by atoms with van der Waals surface area (Å²) in [5.74, 6) is -0.202. The van der Waals surface area contributed by atoms with E-state index in [0.717, 1.165) is 37.0 Å². The van der Waals surface area contributed by atoms with Crippen molar-refractivity contribution in [1.29, 1.82) is 0 Å². The van der Waals surface area contributed by atoms with Crippen molar-refractivity contribution in [3.63, 3.8) is 0 Å². The van der Waals surface area contributed by atoms with Crippen molar-refractivity contribution in [3.8, 4) is 0 Å². The highest BCUT2D eigenvalue weighted by Crippen LogP contribution is 2.22. The van der Waals surface area contributed by atoms with Crippen molar-refractivity contribution < 1.29 is 9.13 Å². The highest BCUT2D eigenvalue weighted by Gasteiger charge is 2.23. The van der Waals surface area contributed by atoms with Crippen LogP contribution in [0, 0.1) is 5.82 Å². The third-order valence-corrected chi connectivity index (χ3v) is 5.40. The Morgan fingerprint density at radius 3 is 2.52 bits per heavy atom. The maximum atomic E-state index is 13.3. The van der Waals surface area contributed by atoms with Crippen LogP contribution in [0.4, 0.5) is 4.39 Å². The average Bonchev–Trinajstić information content (AvgIpc) is 2.65. The van der Waals surface area contributed by atoms with E-state index < -0.39 is 0 Å². The number of morpholine rings is 1. The van der Waals surface area contributed by atoms with Crippen LogP contribution in [0.5, 0.6) is 0 Å². The molecule has 0 unspecified atom stereocenters. The van der Waals surface area contributed by atoms with Crippen LogP contribution in [-0.4, -0.2) is 48.9 Å². The van der Waals surface area contributed by atoms with Gasteiger partial charge < -0.3 is 15.4 Å². The lowest BCUT2D eigenvalue weighted by Gasteiger charge is -2.35. The molecule has 0 bridgehead atoms. The maximum Gasteiger partial charge on any atom is 0.166 e. The van der Waals surface area contributed by atoms with Crippen molar-refractivity contribution >= 4 is 17.3 Å². The Balaban J connectivity index is 1.58. The molecular weight excluding hydrogens is 337 g/mol. The van der Waals surface area contributed by atoms with E-state index in [4.69, 9.17) is 17.0 Å². The number of halogens is 1. The molecule has 2 fully saturated rings. The van der Waals surface area contributed by atoms with E-state index in [2.05, 4.69) is 15.5 Å². The van der Waals surface area contributed by atoms with Crippen molar-refractivity contribution in [2.75, 3.05) is 32.8 Å². The summed E-state index contributed by atoms with van der Waals surface area (Å²) < 4.78 is 18.8. The van der Waals surface area contributed by atoms with Crippen LogP contribution >= 0.6 is 12.2 Å². The first-order valence-electron chi connectivity index (χ1n) is 9.34.